The van der Waals surface area contributed by atoms with Crippen LogP contribution in [0.25, 0.3) is 0 Å². The first-order chi connectivity index (χ1) is 6.63. The Hall–Kier alpha value is -0.540. The van der Waals surface area contributed by atoms with E-state index in [0.29, 0.717) is 6.54 Å². The number of nitrogens with two attached hydrogens (primary N) is 1. The van der Waals surface area contributed by atoms with E-state index >= 15 is 0 Å². The normalized spacial score (nSPS) is 24.5. The Morgan fingerprint density at radius 3 is 3.07 bits per heavy atom. The minimum atomic E-state index is -0.0993. The zero-order chi connectivity index (χ0) is 10.2. The maximum atomic E-state index is 5.91. The molecule has 3 heteroatoms. The molecule has 0 aromatic heterocycles. The Bertz CT molecular complexity index is 353. The molecule has 1 aliphatic heterocycles. The van der Waals surface area contributed by atoms with Gasteiger partial charge in [0.2, 0.25) is 0 Å². The van der Waals surface area contributed by atoms with Crippen LogP contribution in [0.1, 0.15) is 18.9 Å². The molecule has 1 aliphatic rings. The van der Waals surface area contributed by atoms with Crippen LogP contribution in [-0.4, -0.2) is 12.1 Å². The molecule has 0 aliphatic carbocycles. The van der Waals surface area contributed by atoms with Gasteiger partial charge in [0.05, 0.1) is 0 Å². The predicted octanol–water partition coefficient (Wildman–Crippen LogP) is 2.49. The molecule has 0 saturated carbocycles. The average molecular weight is 256 g/mol. The number of halogens is 1. The lowest BCUT2D eigenvalue weighted by molar-refractivity contribution is 0.108. The molecule has 1 atom stereocenters. The van der Waals surface area contributed by atoms with Crippen molar-refractivity contribution in [3.63, 3.8) is 0 Å². The monoisotopic (exact) mass is 255 g/mol. The summed E-state index contributed by atoms with van der Waals surface area (Å²) in [6.45, 7) is 2.79. The molecular weight excluding hydrogens is 242 g/mol. The lowest BCUT2D eigenvalue weighted by atomic mass is 9.96. The summed E-state index contributed by atoms with van der Waals surface area (Å²) in [5.74, 6) is 0.996. The summed E-state index contributed by atoms with van der Waals surface area (Å²) >= 11 is 3.44. The molecule has 1 unspecified atom stereocenters. The first kappa shape index (κ1) is 9.99. The summed E-state index contributed by atoms with van der Waals surface area (Å²) in [6, 6.07) is 6.19. The summed E-state index contributed by atoms with van der Waals surface area (Å²) in [7, 11) is 0. The third-order valence-corrected chi connectivity index (χ3v) is 3.12. The minimum Gasteiger partial charge on any atom is -0.487 e. The Balaban J connectivity index is 2.25. The second-order valence-electron chi connectivity index (χ2n) is 4.02. The van der Waals surface area contributed by atoms with Crippen LogP contribution in [0.2, 0.25) is 0 Å². The van der Waals surface area contributed by atoms with Gasteiger partial charge in [0.25, 0.3) is 0 Å². The summed E-state index contributed by atoms with van der Waals surface area (Å²) in [4.78, 5) is 0. The molecule has 76 valence electrons. The van der Waals surface area contributed by atoms with E-state index in [9.17, 15) is 0 Å². The van der Waals surface area contributed by atoms with Crippen LogP contribution in [-0.2, 0) is 6.42 Å². The van der Waals surface area contributed by atoms with E-state index in [1.165, 1.54) is 5.56 Å². The highest BCUT2D eigenvalue weighted by molar-refractivity contribution is 9.10. The summed E-state index contributed by atoms with van der Waals surface area (Å²) in [5.41, 5.74) is 6.75. The van der Waals surface area contributed by atoms with Crippen LogP contribution in [0.5, 0.6) is 5.75 Å². The number of hydrogen-bond acceptors (Lipinski definition) is 2. The average Bonchev–Trinajstić information content (AvgIpc) is 2.40. The van der Waals surface area contributed by atoms with E-state index < -0.39 is 0 Å². The quantitative estimate of drug-likeness (QED) is 0.882. The highest BCUT2D eigenvalue weighted by atomic mass is 79.9. The Labute approximate surface area is 92.6 Å². The zero-order valence-corrected chi connectivity index (χ0v) is 9.80. The largest absolute Gasteiger partial charge is 0.487 e. The molecule has 0 radical (unpaired) electrons. The van der Waals surface area contributed by atoms with Gasteiger partial charge in [-0.15, -0.1) is 0 Å². The molecule has 1 aromatic rings. The van der Waals surface area contributed by atoms with Crippen molar-refractivity contribution in [1.29, 1.82) is 0 Å². The van der Waals surface area contributed by atoms with Crippen LogP contribution >= 0.6 is 15.9 Å². The summed E-state index contributed by atoms with van der Waals surface area (Å²) in [5, 5.41) is 0. The van der Waals surface area contributed by atoms with Crippen molar-refractivity contribution in [3.8, 4) is 5.75 Å². The van der Waals surface area contributed by atoms with E-state index in [-0.39, 0.29) is 5.60 Å². The third-order valence-electron chi connectivity index (χ3n) is 2.62. The van der Waals surface area contributed by atoms with Crippen molar-refractivity contribution in [2.24, 2.45) is 5.73 Å². The van der Waals surface area contributed by atoms with Gasteiger partial charge in [-0.05, 0) is 37.6 Å². The molecule has 1 aromatic carbocycles. The molecule has 0 amide bonds. The molecule has 2 nitrogen and oxygen atoms in total. The Morgan fingerprint density at radius 1 is 1.57 bits per heavy atom. The standard InChI is InChI=1S/C11H14BrNO/c1-11(4-5-13)7-8-2-3-9(12)6-10(8)14-11/h2-3,6H,4-5,7,13H2,1H3. The maximum Gasteiger partial charge on any atom is 0.124 e. The lowest BCUT2D eigenvalue weighted by Gasteiger charge is -2.22. The number of rotatable bonds is 2. The van der Waals surface area contributed by atoms with E-state index in [4.69, 9.17) is 10.5 Å². The van der Waals surface area contributed by atoms with Gasteiger partial charge in [-0.2, -0.15) is 0 Å². The van der Waals surface area contributed by atoms with Crippen molar-refractivity contribution in [2.45, 2.75) is 25.4 Å². The van der Waals surface area contributed by atoms with Crippen molar-refractivity contribution in [1.82, 2.24) is 0 Å². The topological polar surface area (TPSA) is 35.2 Å². The number of hydrogen-bond donors (Lipinski definition) is 1. The van der Waals surface area contributed by atoms with Crippen molar-refractivity contribution in [3.05, 3.63) is 28.2 Å². The van der Waals surface area contributed by atoms with E-state index in [0.717, 1.165) is 23.1 Å². The van der Waals surface area contributed by atoms with Crippen LogP contribution in [0.4, 0.5) is 0 Å². The van der Waals surface area contributed by atoms with Crippen molar-refractivity contribution < 1.29 is 4.74 Å². The Kier molecular flexibility index (Phi) is 2.54. The highest BCUT2D eigenvalue weighted by Gasteiger charge is 2.33. The van der Waals surface area contributed by atoms with Crippen LogP contribution < -0.4 is 10.5 Å². The summed E-state index contributed by atoms with van der Waals surface area (Å²) < 4.78 is 6.97. The second kappa shape index (κ2) is 3.55. The van der Waals surface area contributed by atoms with Crippen LogP contribution in [0.3, 0.4) is 0 Å². The first-order valence-electron chi connectivity index (χ1n) is 4.80. The van der Waals surface area contributed by atoms with Gasteiger partial charge >= 0.3 is 0 Å². The molecule has 0 saturated heterocycles. The number of fused-ring (bicyclic) bond motifs is 1. The molecule has 0 bridgehead atoms. The van der Waals surface area contributed by atoms with Gasteiger partial charge in [0.1, 0.15) is 11.4 Å². The highest BCUT2D eigenvalue weighted by Crippen LogP contribution is 2.38. The fourth-order valence-corrected chi connectivity index (χ4v) is 2.26. The maximum absolute atomic E-state index is 5.91. The van der Waals surface area contributed by atoms with Gasteiger partial charge in [0.15, 0.2) is 0 Å². The third kappa shape index (κ3) is 1.79. The summed E-state index contributed by atoms with van der Waals surface area (Å²) in [6.07, 6.45) is 1.87. The van der Waals surface area contributed by atoms with E-state index in [1.807, 2.05) is 6.07 Å². The van der Waals surface area contributed by atoms with Gasteiger partial charge in [-0.25, -0.2) is 0 Å². The molecule has 2 rings (SSSR count). The Morgan fingerprint density at radius 2 is 2.36 bits per heavy atom. The smallest absolute Gasteiger partial charge is 0.124 e. The molecular formula is C11H14BrNO. The SMILES string of the molecule is CC1(CCN)Cc2ccc(Br)cc2O1. The molecule has 1 heterocycles. The molecule has 0 spiro atoms. The van der Waals surface area contributed by atoms with Crippen LogP contribution in [0.15, 0.2) is 22.7 Å². The number of ether oxygens (including phenoxy) is 1. The van der Waals surface area contributed by atoms with Gasteiger partial charge < -0.3 is 10.5 Å². The van der Waals surface area contributed by atoms with Crippen molar-refractivity contribution >= 4 is 15.9 Å². The van der Waals surface area contributed by atoms with Gasteiger partial charge in [-0.1, -0.05) is 22.0 Å². The lowest BCUT2D eigenvalue weighted by Crippen LogP contribution is -2.32. The molecule has 0 fully saturated rings. The fourth-order valence-electron chi connectivity index (χ4n) is 1.92. The zero-order valence-electron chi connectivity index (χ0n) is 8.22. The van der Waals surface area contributed by atoms with Crippen molar-refractivity contribution in [2.75, 3.05) is 6.54 Å². The number of benzene rings is 1. The van der Waals surface area contributed by atoms with Gasteiger partial charge in [-0.3, -0.25) is 0 Å². The fraction of sp³-hybridized carbons (Fsp3) is 0.455. The second-order valence-corrected chi connectivity index (χ2v) is 4.94. The van der Waals surface area contributed by atoms with E-state index in [2.05, 4.69) is 35.0 Å². The minimum absolute atomic E-state index is 0.0993. The predicted molar refractivity (Wildman–Crippen MR) is 60.6 cm³/mol. The molecule has 2 N–H and O–H groups in total. The first-order valence-corrected chi connectivity index (χ1v) is 5.60. The molecule has 14 heavy (non-hydrogen) atoms. The van der Waals surface area contributed by atoms with Crippen LogP contribution in [0, 0.1) is 0 Å². The van der Waals surface area contributed by atoms with Gasteiger partial charge in [0, 0.05) is 10.9 Å². The van der Waals surface area contributed by atoms with E-state index in [1.54, 1.807) is 0 Å².